The van der Waals surface area contributed by atoms with Gasteiger partial charge < -0.3 is 9.13 Å². The van der Waals surface area contributed by atoms with Crippen LogP contribution in [0.15, 0.2) is 146 Å². The lowest BCUT2D eigenvalue weighted by molar-refractivity contribution is 0.125. The van der Waals surface area contributed by atoms with Crippen molar-refractivity contribution in [1.29, 1.82) is 0 Å². The lowest BCUT2D eigenvalue weighted by Crippen LogP contribution is -2.42. The van der Waals surface area contributed by atoms with Gasteiger partial charge in [-0.3, -0.25) is 0 Å². The number of nitrogens with zero attached hydrogens (tertiary/aromatic N) is 2. The lowest BCUT2D eigenvalue weighted by atomic mass is 9.59. The van der Waals surface area contributed by atoms with Crippen LogP contribution in [0.5, 0.6) is 0 Å². The van der Waals surface area contributed by atoms with Crippen LogP contribution in [-0.2, 0) is 10.8 Å². The largest absolute Gasteiger partial charge is 0.309 e. The molecule has 0 radical (unpaired) electrons. The summed E-state index contributed by atoms with van der Waals surface area (Å²) in [6.45, 7) is 14.7. The molecule has 0 amide bonds. The fraction of sp³-hybridized carbons (Fsp3) is 0.184. The number of fused-ring (bicyclic) bond motifs is 8. The van der Waals surface area contributed by atoms with Gasteiger partial charge in [-0.15, -0.1) is 0 Å². The molecule has 10 rings (SSSR count). The van der Waals surface area contributed by atoms with E-state index in [1.807, 2.05) is 0 Å². The molecule has 0 N–H and O–H groups in total. The number of benzene rings is 7. The molecule has 248 valence electrons. The van der Waals surface area contributed by atoms with Crippen LogP contribution in [0, 0.1) is 5.41 Å². The van der Waals surface area contributed by atoms with Gasteiger partial charge in [-0.05, 0) is 105 Å². The monoisotopic (exact) mass is 658 g/mol. The van der Waals surface area contributed by atoms with Gasteiger partial charge in [-0.1, -0.05) is 126 Å². The van der Waals surface area contributed by atoms with Gasteiger partial charge in [0.1, 0.15) is 0 Å². The number of rotatable bonds is 3. The van der Waals surface area contributed by atoms with Gasteiger partial charge >= 0.3 is 0 Å². The van der Waals surface area contributed by atoms with Crippen molar-refractivity contribution in [2.45, 2.75) is 52.4 Å². The first-order valence-corrected chi connectivity index (χ1v) is 18.3. The second kappa shape index (κ2) is 10.2. The van der Waals surface area contributed by atoms with E-state index in [9.17, 15) is 0 Å². The topological polar surface area (TPSA) is 9.86 Å². The Morgan fingerprint density at radius 3 is 1.63 bits per heavy atom. The van der Waals surface area contributed by atoms with Gasteiger partial charge in [-0.2, -0.15) is 0 Å². The van der Waals surface area contributed by atoms with Crippen LogP contribution >= 0.6 is 0 Å². The smallest absolute Gasteiger partial charge is 0.0544 e. The average molecular weight is 659 g/mol. The zero-order chi connectivity index (χ0) is 34.9. The molecule has 0 bridgehead atoms. The summed E-state index contributed by atoms with van der Waals surface area (Å²) in [5, 5.41) is 7.69. The second-order valence-electron chi connectivity index (χ2n) is 16.3. The van der Waals surface area contributed by atoms with Crippen molar-refractivity contribution in [3.63, 3.8) is 0 Å². The average Bonchev–Trinajstić information content (AvgIpc) is 3.68. The fourth-order valence-electron chi connectivity index (χ4n) is 9.40. The molecule has 9 aromatic rings. The molecule has 2 aromatic heterocycles. The quantitative estimate of drug-likeness (QED) is 0.179. The molecule has 7 aromatic carbocycles. The van der Waals surface area contributed by atoms with Crippen molar-refractivity contribution in [2.75, 3.05) is 0 Å². The Morgan fingerprint density at radius 2 is 0.902 bits per heavy atom. The molecule has 0 saturated carbocycles. The van der Waals surface area contributed by atoms with Gasteiger partial charge in [0, 0.05) is 32.6 Å². The summed E-state index contributed by atoms with van der Waals surface area (Å²) in [6, 6.07) is 54.2. The molecular formula is C49H42N2. The van der Waals surface area contributed by atoms with E-state index in [1.165, 1.54) is 88.0 Å². The normalized spacial score (nSPS) is 16.1. The standard InChI is InChI=1S/C49H42N2/c1-47(2)40-29-39-38-28-33(32-23-25-44-37(27-32)36-20-12-13-21-43(36)50(44)34-17-8-7-9-18-34)24-26-45(38)51(42-22-14-16-31-15-10-11-19-35(31)42)46(39)30-41(40)48(3,4)49(47,5)6/h7-30H,1-6H3. The van der Waals surface area contributed by atoms with Crippen LogP contribution < -0.4 is 0 Å². The molecule has 0 atom stereocenters. The Balaban J connectivity index is 1.26. The lowest BCUT2D eigenvalue weighted by Gasteiger charge is -2.44. The van der Waals surface area contributed by atoms with Crippen LogP contribution in [0.4, 0.5) is 0 Å². The summed E-state index contributed by atoms with van der Waals surface area (Å²) in [5.41, 5.74) is 12.9. The molecule has 2 heterocycles. The molecule has 0 fully saturated rings. The van der Waals surface area contributed by atoms with E-state index in [-0.39, 0.29) is 16.2 Å². The van der Waals surface area contributed by atoms with E-state index in [0.717, 1.165) is 0 Å². The molecule has 1 aliphatic carbocycles. The molecule has 0 aliphatic heterocycles. The first-order valence-electron chi connectivity index (χ1n) is 18.3. The van der Waals surface area contributed by atoms with Crippen LogP contribution in [0.25, 0.3) is 76.9 Å². The van der Waals surface area contributed by atoms with Gasteiger partial charge in [0.2, 0.25) is 0 Å². The van der Waals surface area contributed by atoms with Crippen molar-refractivity contribution in [1.82, 2.24) is 9.13 Å². The molecule has 1 aliphatic rings. The highest BCUT2D eigenvalue weighted by atomic mass is 15.0. The fourth-order valence-corrected chi connectivity index (χ4v) is 9.40. The van der Waals surface area contributed by atoms with Gasteiger partial charge in [0.05, 0.1) is 27.8 Å². The van der Waals surface area contributed by atoms with Crippen LogP contribution in [0.3, 0.4) is 0 Å². The highest BCUT2D eigenvalue weighted by Crippen LogP contribution is 2.62. The number of para-hydroxylation sites is 2. The van der Waals surface area contributed by atoms with E-state index in [1.54, 1.807) is 0 Å². The highest BCUT2D eigenvalue weighted by molar-refractivity contribution is 6.14. The summed E-state index contributed by atoms with van der Waals surface area (Å²) in [7, 11) is 0. The minimum atomic E-state index is 0.0135. The molecule has 51 heavy (non-hydrogen) atoms. The van der Waals surface area contributed by atoms with E-state index >= 15 is 0 Å². The molecule has 2 heteroatoms. The van der Waals surface area contributed by atoms with E-state index < -0.39 is 0 Å². The third kappa shape index (κ3) is 3.94. The van der Waals surface area contributed by atoms with E-state index in [2.05, 4.69) is 196 Å². The van der Waals surface area contributed by atoms with Crippen molar-refractivity contribution in [3.05, 3.63) is 157 Å². The summed E-state index contributed by atoms with van der Waals surface area (Å²) >= 11 is 0. The SMILES string of the molecule is CC1(C)c2cc3c4cc(-c5ccc6c(c5)c5ccccc5n6-c5ccccc5)ccc4n(-c4cccc5ccccc45)c3cc2C(C)(C)C1(C)C. The molecule has 0 unspecified atom stereocenters. The van der Waals surface area contributed by atoms with Crippen molar-refractivity contribution in [3.8, 4) is 22.5 Å². The minimum Gasteiger partial charge on any atom is -0.309 e. The Kier molecular flexibility index (Phi) is 6.07. The van der Waals surface area contributed by atoms with Crippen molar-refractivity contribution in [2.24, 2.45) is 5.41 Å². The summed E-state index contributed by atoms with van der Waals surface area (Å²) in [5.74, 6) is 0. The predicted molar refractivity (Wildman–Crippen MR) is 218 cm³/mol. The maximum atomic E-state index is 2.55. The predicted octanol–water partition coefficient (Wildman–Crippen LogP) is 13.3. The maximum absolute atomic E-state index is 2.55. The summed E-state index contributed by atoms with van der Waals surface area (Å²) in [6.07, 6.45) is 0. The highest BCUT2D eigenvalue weighted by Gasteiger charge is 2.57. The molecule has 2 nitrogen and oxygen atoms in total. The van der Waals surface area contributed by atoms with Gasteiger partial charge in [0.15, 0.2) is 0 Å². The number of hydrogen-bond acceptors (Lipinski definition) is 0. The van der Waals surface area contributed by atoms with Crippen molar-refractivity contribution < 1.29 is 0 Å². The summed E-state index contributed by atoms with van der Waals surface area (Å²) in [4.78, 5) is 0. The Hall–Kier alpha value is -5.60. The van der Waals surface area contributed by atoms with Crippen LogP contribution in [0.2, 0.25) is 0 Å². The Labute approximate surface area is 299 Å². The Bertz CT molecular complexity index is 2870. The summed E-state index contributed by atoms with van der Waals surface area (Å²) < 4.78 is 4.92. The van der Waals surface area contributed by atoms with Crippen LogP contribution in [0.1, 0.15) is 52.7 Å². The molecule has 0 saturated heterocycles. The Morgan fingerprint density at radius 1 is 0.373 bits per heavy atom. The van der Waals surface area contributed by atoms with E-state index in [4.69, 9.17) is 0 Å². The zero-order valence-corrected chi connectivity index (χ0v) is 30.3. The first-order chi connectivity index (χ1) is 24.6. The number of aromatic nitrogens is 2. The maximum Gasteiger partial charge on any atom is 0.0544 e. The van der Waals surface area contributed by atoms with Crippen molar-refractivity contribution >= 4 is 54.4 Å². The molecule has 0 spiro atoms. The first kappa shape index (κ1) is 30.2. The second-order valence-corrected chi connectivity index (χ2v) is 16.3. The number of hydrogen-bond donors (Lipinski definition) is 0. The van der Waals surface area contributed by atoms with Crippen LogP contribution in [-0.4, -0.2) is 9.13 Å². The van der Waals surface area contributed by atoms with E-state index in [0.29, 0.717) is 0 Å². The minimum absolute atomic E-state index is 0.0135. The van der Waals surface area contributed by atoms with Gasteiger partial charge in [0.25, 0.3) is 0 Å². The molecular weight excluding hydrogens is 617 g/mol. The third-order valence-electron chi connectivity index (χ3n) is 13.4. The van der Waals surface area contributed by atoms with Gasteiger partial charge in [-0.25, -0.2) is 0 Å². The zero-order valence-electron chi connectivity index (χ0n) is 30.3. The third-order valence-corrected chi connectivity index (χ3v) is 13.4.